The largest absolute Gasteiger partial charge is 0.372 e. The van der Waals surface area contributed by atoms with Gasteiger partial charge >= 0.3 is 0 Å². The van der Waals surface area contributed by atoms with Crippen LogP contribution in [0.2, 0.25) is 0 Å². The Morgan fingerprint density at radius 1 is 1.31 bits per heavy atom. The summed E-state index contributed by atoms with van der Waals surface area (Å²) in [5, 5.41) is 3.02. The number of aromatic nitrogens is 2. The molecular weight excluding hydrogens is 354 g/mol. The summed E-state index contributed by atoms with van der Waals surface area (Å²) in [6.45, 7) is 2.07. The average molecular weight is 363 g/mol. The second-order valence-corrected chi connectivity index (χ2v) is 6.12. The lowest BCUT2D eigenvalue weighted by Crippen LogP contribution is -1.96. The van der Waals surface area contributed by atoms with Crippen molar-refractivity contribution in [1.29, 1.82) is 0 Å². The number of halogens is 2. The van der Waals surface area contributed by atoms with Gasteiger partial charge in [-0.05, 0) is 44.8 Å². The zero-order valence-corrected chi connectivity index (χ0v) is 12.7. The van der Waals surface area contributed by atoms with Gasteiger partial charge in [-0.15, -0.1) is 11.3 Å². The van der Waals surface area contributed by atoms with Gasteiger partial charge in [0.25, 0.3) is 0 Å². The van der Waals surface area contributed by atoms with E-state index in [0.29, 0.717) is 0 Å². The van der Waals surface area contributed by atoms with Crippen LogP contribution in [0, 0.1) is 6.92 Å². The molecule has 0 bridgehead atoms. The summed E-state index contributed by atoms with van der Waals surface area (Å²) in [7, 11) is 1.84. The third-order valence-corrected chi connectivity index (χ3v) is 4.77. The first kappa shape index (κ1) is 12.0. The molecule has 0 atom stereocenters. The van der Waals surface area contributed by atoms with E-state index in [4.69, 9.17) is 0 Å². The molecule has 0 amide bonds. The molecule has 16 heavy (non-hydrogen) atoms. The van der Waals surface area contributed by atoms with Gasteiger partial charge in [0.05, 0.1) is 9.35 Å². The van der Waals surface area contributed by atoms with E-state index in [-0.39, 0.29) is 0 Å². The molecule has 2 aromatic rings. The summed E-state index contributed by atoms with van der Waals surface area (Å²) >= 11 is 8.56. The minimum absolute atomic E-state index is 0.742. The monoisotopic (exact) mass is 361 g/mol. The second-order valence-electron chi connectivity index (χ2n) is 3.15. The maximum absolute atomic E-state index is 4.44. The summed E-state index contributed by atoms with van der Waals surface area (Å²) < 4.78 is 1.97. The molecule has 0 unspecified atom stereocenters. The van der Waals surface area contributed by atoms with Crippen molar-refractivity contribution in [3.63, 3.8) is 0 Å². The molecule has 0 aliphatic rings. The van der Waals surface area contributed by atoms with Gasteiger partial charge in [0, 0.05) is 22.6 Å². The van der Waals surface area contributed by atoms with Crippen molar-refractivity contribution in [3.05, 3.63) is 26.1 Å². The highest BCUT2D eigenvalue weighted by molar-refractivity contribution is 9.11. The molecule has 2 rings (SSSR count). The van der Waals surface area contributed by atoms with Crippen LogP contribution < -0.4 is 5.32 Å². The molecule has 0 saturated carbocycles. The Kier molecular flexibility index (Phi) is 3.61. The fraction of sp³-hybridized carbons (Fsp3) is 0.200. The predicted octanol–water partition coefficient (Wildman–Crippen LogP) is 4.08. The topological polar surface area (TPSA) is 37.8 Å². The van der Waals surface area contributed by atoms with Crippen LogP contribution in [0.15, 0.2) is 21.2 Å². The van der Waals surface area contributed by atoms with Crippen LogP contribution >= 0.6 is 43.2 Å². The third kappa shape index (κ3) is 2.28. The van der Waals surface area contributed by atoms with E-state index in [0.717, 1.165) is 25.5 Å². The van der Waals surface area contributed by atoms with Gasteiger partial charge in [0.15, 0.2) is 5.82 Å². The molecule has 0 radical (unpaired) electrons. The van der Waals surface area contributed by atoms with Gasteiger partial charge in [-0.1, -0.05) is 0 Å². The molecule has 0 spiro atoms. The molecule has 0 aromatic carbocycles. The lowest BCUT2D eigenvalue weighted by molar-refractivity contribution is 1.16. The van der Waals surface area contributed by atoms with E-state index in [2.05, 4.69) is 54.1 Å². The van der Waals surface area contributed by atoms with Crippen molar-refractivity contribution in [2.45, 2.75) is 6.92 Å². The third-order valence-electron chi connectivity index (χ3n) is 2.06. The van der Waals surface area contributed by atoms with Crippen molar-refractivity contribution in [3.8, 4) is 10.7 Å². The summed E-state index contributed by atoms with van der Waals surface area (Å²) in [6.07, 6.45) is 1.76. The van der Waals surface area contributed by atoms with Crippen molar-refractivity contribution in [2.75, 3.05) is 12.4 Å². The number of nitrogens with one attached hydrogen (secondary N) is 1. The van der Waals surface area contributed by atoms with Crippen LogP contribution in [0.4, 0.5) is 5.82 Å². The molecule has 0 saturated heterocycles. The van der Waals surface area contributed by atoms with E-state index in [1.54, 1.807) is 17.5 Å². The first-order valence-corrected chi connectivity index (χ1v) is 6.98. The minimum Gasteiger partial charge on any atom is -0.372 e. The first-order valence-electron chi connectivity index (χ1n) is 4.58. The Morgan fingerprint density at radius 3 is 2.62 bits per heavy atom. The fourth-order valence-corrected chi connectivity index (χ4v) is 3.10. The highest BCUT2D eigenvalue weighted by Crippen LogP contribution is 2.33. The molecule has 2 heterocycles. The Balaban J connectivity index is 2.48. The molecule has 0 aliphatic carbocycles. The van der Waals surface area contributed by atoms with Gasteiger partial charge in [-0.2, -0.15) is 0 Å². The molecule has 1 N–H and O–H groups in total. The van der Waals surface area contributed by atoms with Crippen LogP contribution in [0.25, 0.3) is 10.7 Å². The minimum atomic E-state index is 0.742. The summed E-state index contributed by atoms with van der Waals surface area (Å²) in [5.74, 6) is 1.54. The number of thiophene rings is 1. The zero-order valence-electron chi connectivity index (χ0n) is 8.71. The summed E-state index contributed by atoms with van der Waals surface area (Å²) in [6, 6.07) is 2.04. The average Bonchev–Trinajstić information content (AvgIpc) is 2.60. The van der Waals surface area contributed by atoms with Crippen LogP contribution in [-0.2, 0) is 0 Å². The van der Waals surface area contributed by atoms with E-state index < -0.39 is 0 Å². The predicted molar refractivity (Wildman–Crippen MR) is 75.0 cm³/mol. The van der Waals surface area contributed by atoms with E-state index in [9.17, 15) is 0 Å². The molecule has 2 aromatic heterocycles. The maximum Gasteiger partial charge on any atom is 0.171 e. The maximum atomic E-state index is 4.44. The molecular formula is C10H9Br2N3S. The highest BCUT2D eigenvalue weighted by atomic mass is 79.9. The van der Waals surface area contributed by atoms with Crippen LogP contribution in [0.3, 0.4) is 0 Å². The number of anilines is 1. The Morgan fingerprint density at radius 2 is 2.06 bits per heavy atom. The normalized spacial score (nSPS) is 10.5. The SMILES string of the molecule is CNc1nc(-c2cc(Br)c(C)s2)ncc1Br. The van der Waals surface area contributed by atoms with Gasteiger partial charge in [-0.25, -0.2) is 9.97 Å². The van der Waals surface area contributed by atoms with Crippen molar-refractivity contribution in [1.82, 2.24) is 9.97 Å². The smallest absolute Gasteiger partial charge is 0.171 e. The quantitative estimate of drug-likeness (QED) is 0.874. The number of nitrogens with zero attached hydrogens (tertiary/aromatic N) is 2. The molecule has 6 heteroatoms. The van der Waals surface area contributed by atoms with Crippen molar-refractivity contribution >= 4 is 49.0 Å². The number of aryl methyl sites for hydroxylation is 1. The molecule has 84 valence electrons. The molecule has 0 fully saturated rings. The van der Waals surface area contributed by atoms with Crippen LogP contribution in [0.5, 0.6) is 0 Å². The summed E-state index contributed by atoms with van der Waals surface area (Å²) in [4.78, 5) is 11.0. The number of hydrogen-bond donors (Lipinski definition) is 1. The number of hydrogen-bond acceptors (Lipinski definition) is 4. The highest BCUT2D eigenvalue weighted by Gasteiger charge is 2.10. The van der Waals surface area contributed by atoms with Gasteiger partial charge in [0.1, 0.15) is 5.82 Å². The standard InChI is InChI=1S/C10H9Br2N3S/c1-5-6(11)3-8(16-5)10-14-4-7(12)9(13-2)15-10/h3-4H,1-2H3,(H,13,14,15). The van der Waals surface area contributed by atoms with E-state index in [1.165, 1.54) is 4.88 Å². The molecule has 3 nitrogen and oxygen atoms in total. The van der Waals surface area contributed by atoms with Gasteiger partial charge in [-0.3, -0.25) is 0 Å². The van der Waals surface area contributed by atoms with Crippen LogP contribution in [-0.4, -0.2) is 17.0 Å². The van der Waals surface area contributed by atoms with E-state index in [1.807, 2.05) is 13.1 Å². The first-order chi connectivity index (χ1) is 7.61. The zero-order chi connectivity index (χ0) is 11.7. The Bertz CT molecular complexity index is 505. The van der Waals surface area contributed by atoms with Crippen LogP contribution in [0.1, 0.15) is 4.88 Å². The van der Waals surface area contributed by atoms with Gasteiger partial charge < -0.3 is 5.32 Å². The lowest BCUT2D eigenvalue weighted by Gasteiger charge is -2.03. The van der Waals surface area contributed by atoms with Crippen molar-refractivity contribution < 1.29 is 0 Å². The molecule has 0 aliphatic heterocycles. The van der Waals surface area contributed by atoms with Crippen molar-refractivity contribution in [2.24, 2.45) is 0 Å². The Labute approximate surface area is 115 Å². The van der Waals surface area contributed by atoms with Gasteiger partial charge in [0.2, 0.25) is 0 Å². The Hall–Kier alpha value is -0.460. The fourth-order valence-electron chi connectivity index (χ4n) is 1.23. The summed E-state index contributed by atoms with van der Waals surface area (Å²) in [5.41, 5.74) is 0. The number of rotatable bonds is 2. The lowest BCUT2D eigenvalue weighted by atomic mass is 10.4. The van der Waals surface area contributed by atoms with E-state index >= 15 is 0 Å². The second kappa shape index (κ2) is 4.81.